The van der Waals surface area contributed by atoms with Crippen LogP contribution in [0.4, 0.5) is 5.69 Å². The van der Waals surface area contributed by atoms with E-state index < -0.39 is 16.1 Å². The maximum Gasteiger partial charge on any atom is 0.229 e. The predicted octanol–water partition coefficient (Wildman–Crippen LogP) is 4.64. The first-order valence-electron chi connectivity index (χ1n) is 11.1. The summed E-state index contributed by atoms with van der Waals surface area (Å²) in [6, 6.07) is 23.0. The van der Waals surface area contributed by atoms with Crippen LogP contribution < -0.4 is 14.8 Å². The molecular formula is C26H30ClN3O4S. The number of nitrogens with one attached hydrogen (secondary N) is 3. The number of aromatic nitrogens is 1. The van der Waals surface area contributed by atoms with Gasteiger partial charge in [-0.15, -0.1) is 12.4 Å². The molecule has 0 bridgehead atoms. The van der Waals surface area contributed by atoms with Gasteiger partial charge in [0, 0.05) is 41.4 Å². The summed E-state index contributed by atoms with van der Waals surface area (Å²) in [5, 5.41) is 14.8. The summed E-state index contributed by atoms with van der Waals surface area (Å²) in [7, 11) is -3.37. The highest BCUT2D eigenvalue weighted by Gasteiger charge is 2.11. The molecule has 0 amide bonds. The van der Waals surface area contributed by atoms with Crippen LogP contribution in [0.1, 0.15) is 17.2 Å². The highest BCUT2D eigenvalue weighted by Crippen LogP contribution is 2.31. The van der Waals surface area contributed by atoms with Gasteiger partial charge < -0.3 is 20.1 Å². The van der Waals surface area contributed by atoms with Gasteiger partial charge in [-0.2, -0.15) is 0 Å². The number of fused-ring (bicyclic) bond motifs is 1. The number of anilines is 1. The summed E-state index contributed by atoms with van der Waals surface area (Å²) in [4.78, 5) is 3.50. The van der Waals surface area contributed by atoms with E-state index in [2.05, 4.69) is 40.1 Å². The van der Waals surface area contributed by atoms with Crippen LogP contribution in [0.3, 0.4) is 0 Å². The number of halogens is 1. The number of aromatic amines is 1. The summed E-state index contributed by atoms with van der Waals surface area (Å²) in [5.41, 5.74) is 5.55. The molecule has 0 aliphatic heterocycles. The molecule has 7 nitrogen and oxygen atoms in total. The van der Waals surface area contributed by atoms with Crippen LogP contribution in [0.2, 0.25) is 0 Å². The summed E-state index contributed by atoms with van der Waals surface area (Å²) in [6.07, 6.45) is 0.324. The van der Waals surface area contributed by atoms with Crippen LogP contribution in [0.5, 0.6) is 5.75 Å². The monoisotopic (exact) mass is 515 g/mol. The van der Waals surface area contributed by atoms with Crippen molar-refractivity contribution < 1.29 is 18.3 Å². The molecule has 0 spiro atoms. The molecule has 0 aliphatic rings. The minimum Gasteiger partial charge on any atom is -0.492 e. The third kappa shape index (κ3) is 6.99. The Morgan fingerprint density at radius 1 is 1.03 bits per heavy atom. The lowest BCUT2D eigenvalue weighted by Gasteiger charge is -2.14. The van der Waals surface area contributed by atoms with Crippen molar-refractivity contribution in [1.29, 1.82) is 0 Å². The number of aliphatic hydroxyl groups is 1. The van der Waals surface area contributed by atoms with Gasteiger partial charge in [0.25, 0.3) is 0 Å². The van der Waals surface area contributed by atoms with Gasteiger partial charge in [-0.1, -0.05) is 42.5 Å². The number of rotatable bonds is 10. The summed E-state index contributed by atoms with van der Waals surface area (Å²) < 4.78 is 31.1. The molecule has 35 heavy (non-hydrogen) atoms. The second-order valence-electron chi connectivity index (χ2n) is 8.27. The smallest absolute Gasteiger partial charge is 0.229 e. The van der Waals surface area contributed by atoms with Crippen LogP contribution in [0, 0.1) is 6.92 Å². The fraction of sp³-hybridized carbons (Fsp3) is 0.231. The first-order chi connectivity index (χ1) is 16.3. The van der Waals surface area contributed by atoms with E-state index in [0.29, 0.717) is 30.9 Å². The molecule has 0 fully saturated rings. The molecule has 9 heteroatoms. The molecule has 0 radical (unpaired) electrons. The lowest BCUT2D eigenvalue weighted by molar-refractivity contribution is 0.172. The second kappa shape index (κ2) is 11.6. The Bertz CT molecular complexity index is 1370. The normalized spacial score (nSPS) is 12.2. The maximum absolute atomic E-state index is 11.4. The van der Waals surface area contributed by atoms with Crippen molar-refractivity contribution in [3.05, 3.63) is 83.9 Å². The highest BCUT2D eigenvalue weighted by molar-refractivity contribution is 7.92. The number of hydrogen-bond donors (Lipinski definition) is 4. The molecule has 0 unspecified atom stereocenters. The zero-order valence-electron chi connectivity index (χ0n) is 19.6. The largest absolute Gasteiger partial charge is 0.492 e. The lowest BCUT2D eigenvalue weighted by atomic mass is 10.1. The Morgan fingerprint density at radius 3 is 2.54 bits per heavy atom. The number of hydrogen-bond acceptors (Lipinski definition) is 5. The predicted molar refractivity (Wildman–Crippen MR) is 144 cm³/mol. The van der Waals surface area contributed by atoms with E-state index in [1.54, 1.807) is 24.3 Å². The summed E-state index contributed by atoms with van der Waals surface area (Å²) in [5.74, 6) is 0.773. The van der Waals surface area contributed by atoms with Gasteiger partial charge >= 0.3 is 0 Å². The molecule has 4 rings (SSSR count). The number of H-pyrrole nitrogens is 1. The van der Waals surface area contributed by atoms with Crippen molar-refractivity contribution in [3.63, 3.8) is 0 Å². The average molecular weight is 516 g/mol. The van der Waals surface area contributed by atoms with Gasteiger partial charge in [0.15, 0.2) is 0 Å². The number of ether oxygens (including phenoxy) is 1. The molecule has 4 N–H and O–H groups in total. The number of sulfonamides is 1. The van der Waals surface area contributed by atoms with Gasteiger partial charge in [-0.05, 0) is 47.9 Å². The van der Waals surface area contributed by atoms with Crippen molar-refractivity contribution in [2.24, 2.45) is 0 Å². The molecule has 1 atom stereocenters. The Hall–Kier alpha value is -3.04. The highest BCUT2D eigenvalue weighted by atomic mass is 35.5. The minimum atomic E-state index is -3.37. The standard InChI is InChI=1S/C26H29N3O4S.ClH/c1-18-23-12-11-22(16-24(23)28-26(18)19-7-4-3-5-8-19)33-14-13-27-17-25(30)20-9-6-10-21(15-20)29-34(2,31)32;/h3-12,15-16,25,27-30H,13-14,17H2,1-2H3;1H/t25-;/m0./s1. The molecular weight excluding hydrogens is 486 g/mol. The Morgan fingerprint density at radius 2 is 1.80 bits per heavy atom. The molecule has 3 aromatic carbocycles. The van der Waals surface area contributed by atoms with E-state index in [4.69, 9.17) is 4.74 Å². The average Bonchev–Trinajstić information content (AvgIpc) is 3.14. The van der Waals surface area contributed by atoms with E-state index in [9.17, 15) is 13.5 Å². The molecule has 0 saturated carbocycles. The van der Waals surface area contributed by atoms with E-state index in [0.717, 1.165) is 28.8 Å². The molecule has 1 heterocycles. The summed E-state index contributed by atoms with van der Waals surface area (Å²) in [6.45, 7) is 3.43. The van der Waals surface area contributed by atoms with Crippen molar-refractivity contribution in [1.82, 2.24) is 10.3 Å². The van der Waals surface area contributed by atoms with Crippen molar-refractivity contribution >= 4 is 39.0 Å². The van der Waals surface area contributed by atoms with E-state index in [-0.39, 0.29) is 12.4 Å². The van der Waals surface area contributed by atoms with Crippen LogP contribution >= 0.6 is 12.4 Å². The Labute approximate surface area is 212 Å². The maximum atomic E-state index is 11.4. The topological polar surface area (TPSA) is 103 Å². The quantitative estimate of drug-likeness (QED) is 0.230. The van der Waals surface area contributed by atoms with Crippen LogP contribution in [0.15, 0.2) is 72.8 Å². The zero-order valence-corrected chi connectivity index (χ0v) is 21.2. The van der Waals surface area contributed by atoms with Crippen molar-refractivity contribution in [2.45, 2.75) is 13.0 Å². The van der Waals surface area contributed by atoms with Gasteiger partial charge in [-0.3, -0.25) is 4.72 Å². The molecule has 186 valence electrons. The van der Waals surface area contributed by atoms with Crippen molar-refractivity contribution in [3.8, 4) is 17.0 Å². The number of aliphatic hydroxyl groups excluding tert-OH is 1. The molecule has 1 aromatic heterocycles. The third-order valence-corrected chi connectivity index (χ3v) is 6.16. The fourth-order valence-electron chi connectivity index (χ4n) is 3.92. The van der Waals surface area contributed by atoms with Gasteiger partial charge in [0.2, 0.25) is 10.0 Å². The van der Waals surface area contributed by atoms with Gasteiger partial charge in [-0.25, -0.2) is 8.42 Å². The van der Waals surface area contributed by atoms with Gasteiger partial charge in [0.1, 0.15) is 12.4 Å². The minimum absolute atomic E-state index is 0. The second-order valence-corrected chi connectivity index (χ2v) is 10.0. The number of benzene rings is 3. The summed E-state index contributed by atoms with van der Waals surface area (Å²) >= 11 is 0. The molecule has 0 saturated heterocycles. The SMILES string of the molecule is Cc1c(-c2ccccc2)[nH]c2cc(OCCNC[C@H](O)c3cccc(NS(C)(=O)=O)c3)ccc12.Cl. The van der Waals surface area contributed by atoms with Crippen LogP contribution in [-0.2, 0) is 10.0 Å². The van der Waals surface area contributed by atoms with Crippen LogP contribution in [-0.4, -0.2) is 44.5 Å². The van der Waals surface area contributed by atoms with E-state index in [1.807, 2.05) is 30.3 Å². The first-order valence-corrected chi connectivity index (χ1v) is 13.0. The van der Waals surface area contributed by atoms with Gasteiger partial charge in [0.05, 0.1) is 12.4 Å². The van der Waals surface area contributed by atoms with Crippen molar-refractivity contribution in [2.75, 3.05) is 30.7 Å². The molecule has 0 aliphatic carbocycles. The zero-order chi connectivity index (χ0) is 24.1. The lowest BCUT2D eigenvalue weighted by Crippen LogP contribution is -2.26. The molecule has 4 aromatic rings. The first kappa shape index (κ1) is 26.6. The third-order valence-electron chi connectivity index (χ3n) is 5.55. The van der Waals surface area contributed by atoms with Crippen LogP contribution in [0.25, 0.3) is 22.2 Å². The Balaban J connectivity index is 0.00000342. The van der Waals surface area contributed by atoms with E-state index in [1.165, 1.54) is 10.9 Å². The Kier molecular flexibility index (Phi) is 8.80. The number of aryl methyl sites for hydroxylation is 1. The fourth-order valence-corrected chi connectivity index (χ4v) is 4.48. The van der Waals surface area contributed by atoms with E-state index >= 15 is 0 Å².